The first-order valence-corrected chi connectivity index (χ1v) is 10.0. The van der Waals surface area contributed by atoms with Crippen LogP contribution in [0.1, 0.15) is 5.56 Å². The Balaban J connectivity index is 1.86. The van der Waals surface area contributed by atoms with Crippen LogP contribution in [0.3, 0.4) is 0 Å². The highest BCUT2D eigenvalue weighted by molar-refractivity contribution is 7.92. The van der Waals surface area contributed by atoms with E-state index < -0.39 is 28.4 Å². The van der Waals surface area contributed by atoms with E-state index in [9.17, 15) is 17.6 Å². The van der Waals surface area contributed by atoms with Crippen LogP contribution in [0.15, 0.2) is 53.6 Å². The molecule has 0 amide bonds. The number of sulfonamides is 1. The molecule has 2 aromatic carbocycles. The van der Waals surface area contributed by atoms with Gasteiger partial charge in [0.2, 0.25) is 0 Å². The van der Waals surface area contributed by atoms with Crippen molar-refractivity contribution in [2.24, 2.45) is 0 Å². The van der Waals surface area contributed by atoms with Crippen molar-refractivity contribution in [3.05, 3.63) is 65.1 Å². The van der Waals surface area contributed by atoms with Crippen molar-refractivity contribution in [2.45, 2.75) is 11.8 Å². The standard InChI is InChI=1S/C18H15ClFN3O5S/c1-11-9-23(15-5-3-2-4-13(15)19)21-18(11)22-29(26,27)12-6-7-16(14(20)8-12)28-10-17(24)25/h2-9H,10H2,1H3,(H,21,22)(H,24,25). The maximum absolute atomic E-state index is 14.1. The van der Waals surface area contributed by atoms with Gasteiger partial charge in [0.15, 0.2) is 24.0 Å². The second-order valence-electron chi connectivity index (χ2n) is 5.94. The summed E-state index contributed by atoms with van der Waals surface area (Å²) in [6, 6.07) is 9.79. The number of nitrogens with zero attached hydrogens (tertiary/aromatic N) is 2. The molecule has 2 N–H and O–H groups in total. The highest BCUT2D eigenvalue weighted by Crippen LogP contribution is 2.25. The Hall–Kier alpha value is -3.11. The second kappa shape index (κ2) is 8.10. The van der Waals surface area contributed by atoms with Gasteiger partial charge in [-0.15, -0.1) is 5.10 Å². The zero-order chi connectivity index (χ0) is 21.2. The van der Waals surface area contributed by atoms with Gasteiger partial charge in [-0.05, 0) is 37.3 Å². The number of nitrogens with one attached hydrogen (secondary N) is 1. The van der Waals surface area contributed by atoms with E-state index in [0.29, 0.717) is 16.3 Å². The molecule has 0 atom stereocenters. The molecule has 29 heavy (non-hydrogen) atoms. The van der Waals surface area contributed by atoms with Gasteiger partial charge in [-0.3, -0.25) is 4.72 Å². The van der Waals surface area contributed by atoms with Gasteiger partial charge in [-0.25, -0.2) is 22.3 Å². The topological polar surface area (TPSA) is 111 Å². The van der Waals surface area contributed by atoms with Crippen molar-refractivity contribution in [3.63, 3.8) is 0 Å². The number of anilines is 1. The van der Waals surface area contributed by atoms with Crippen LogP contribution >= 0.6 is 11.6 Å². The first-order chi connectivity index (χ1) is 13.7. The maximum Gasteiger partial charge on any atom is 0.341 e. The van der Waals surface area contributed by atoms with Crippen LogP contribution in [0.25, 0.3) is 5.69 Å². The van der Waals surface area contributed by atoms with Gasteiger partial charge in [0.1, 0.15) is 0 Å². The number of para-hydroxylation sites is 1. The van der Waals surface area contributed by atoms with E-state index in [-0.39, 0.29) is 16.5 Å². The molecule has 0 aliphatic heterocycles. The highest BCUT2D eigenvalue weighted by atomic mass is 35.5. The van der Waals surface area contributed by atoms with E-state index in [1.807, 2.05) is 0 Å². The molecule has 0 aliphatic rings. The molecule has 0 saturated carbocycles. The monoisotopic (exact) mass is 439 g/mol. The Morgan fingerprint density at radius 2 is 2.03 bits per heavy atom. The maximum atomic E-state index is 14.1. The molecule has 0 bridgehead atoms. The number of carboxylic acid groups (broad SMARTS) is 1. The van der Waals surface area contributed by atoms with Crippen molar-refractivity contribution in [2.75, 3.05) is 11.3 Å². The van der Waals surface area contributed by atoms with Crippen LogP contribution in [0.4, 0.5) is 10.2 Å². The molecule has 0 saturated heterocycles. The molecule has 0 unspecified atom stereocenters. The number of rotatable bonds is 7. The predicted molar refractivity (Wildman–Crippen MR) is 104 cm³/mol. The van der Waals surface area contributed by atoms with Crippen LogP contribution in [0.2, 0.25) is 5.02 Å². The molecule has 1 aromatic heterocycles. The van der Waals surface area contributed by atoms with Crippen LogP contribution in [0, 0.1) is 12.7 Å². The lowest BCUT2D eigenvalue weighted by atomic mass is 10.3. The van der Waals surface area contributed by atoms with Crippen molar-refractivity contribution >= 4 is 33.4 Å². The summed E-state index contributed by atoms with van der Waals surface area (Å²) in [4.78, 5) is 10.1. The summed E-state index contributed by atoms with van der Waals surface area (Å²) in [5.41, 5.74) is 1.09. The summed E-state index contributed by atoms with van der Waals surface area (Å²) in [5.74, 6) is -2.61. The first kappa shape index (κ1) is 20.6. The quantitative estimate of drug-likeness (QED) is 0.584. The number of halogens is 2. The van der Waals surface area contributed by atoms with Crippen LogP contribution in [0.5, 0.6) is 5.75 Å². The Morgan fingerprint density at radius 1 is 1.31 bits per heavy atom. The van der Waals surface area contributed by atoms with Crippen molar-refractivity contribution < 1.29 is 27.4 Å². The average molecular weight is 440 g/mol. The summed E-state index contributed by atoms with van der Waals surface area (Å²) in [6.07, 6.45) is 1.60. The van der Waals surface area contributed by atoms with Crippen LogP contribution in [-0.2, 0) is 14.8 Å². The minimum Gasteiger partial charge on any atom is -0.479 e. The van der Waals surface area contributed by atoms with Crippen molar-refractivity contribution in [1.82, 2.24) is 9.78 Å². The van der Waals surface area contributed by atoms with Gasteiger partial charge in [-0.1, -0.05) is 23.7 Å². The summed E-state index contributed by atoms with van der Waals surface area (Å²) in [5, 5.41) is 13.2. The number of carbonyl (C=O) groups is 1. The van der Waals surface area contributed by atoms with Gasteiger partial charge in [0, 0.05) is 11.8 Å². The third-order valence-electron chi connectivity index (χ3n) is 3.79. The largest absolute Gasteiger partial charge is 0.479 e. The van der Waals surface area contributed by atoms with Gasteiger partial charge < -0.3 is 9.84 Å². The third kappa shape index (κ3) is 4.66. The smallest absolute Gasteiger partial charge is 0.341 e. The minimum absolute atomic E-state index is 0.0523. The first-order valence-electron chi connectivity index (χ1n) is 8.15. The number of aryl methyl sites for hydroxylation is 1. The number of carboxylic acids is 1. The van der Waals surface area contributed by atoms with Crippen molar-refractivity contribution in [1.29, 1.82) is 0 Å². The lowest BCUT2D eigenvalue weighted by molar-refractivity contribution is -0.139. The predicted octanol–water partition coefficient (Wildman–Crippen LogP) is 3.24. The number of hydrogen-bond donors (Lipinski definition) is 2. The summed E-state index contributed by atoms with van der Waals surface area (Å²) in [7, 11) is -4.16. The minimum atomic E-state index is -4.16. The Labute approximate surface area is 170 Å². The van der Waals surface area contributed by atoms with E-state index in [1.165, 1.54) is 4.68 Å². The number of aromatic nitrogens is 2. The fourth-order valence-corrected chi connectivity index (χ4v) is 3.72. The molecule has 8 nitrogen and oxygen atoms in total. The molecule has 0 aliphatic carbocycles. The lowest BCUT2D eigenvalue weighted by Gasteiger charge is -2.09. The summed E-state index contributed by atoms with van der Waals surface area (Å²) < 4.78 is 47.8. The normalized spacial score (nSPS) is 11.3. The number of hydrogen-bond acceptors (Lipinski definition) is 5. The van der Waals surface area contributed by atoms with Gasteiger partial charge in [0.25, 0.3) is 10.0 Å². The fraction of sp³-hybridized carbons (Fsp3) is 0.111. The van der Waals surface area contributed by atoms with E-state index in [1.54, 1.807) is 37.4 Å². The van der Waals surface area contributed by atoms with Crippen LogP contribution < -0.4 is 9.46 Å². The lowest BCUT2D eigenvalue weighted by Crippen LogP contribution is -2.15. The van der Waals surface area contributed by atoms with E-state index in [2.05, 4.69) is 9.82 Å². The molecule has 1 heterocycles. The van der Waals surface area contributed by atoms with Gasteiger partial charge in [0.05, 0.1) is 15.6 Å². The van der Waals surface area contributed by atoms with Crippen LogP contribution in [-0.4, -0.2) is 35.9 Å². The number of ether oxygens (including phenoxy) is 1. The van der Waals surface area contributed by atoms with Gasteiger partial charge in [-0.2, -0.15) is 0 Å². The third-order valence-corrected chi connectivity index (χ3v) is 5.45. The van der Waals surface area contributed by atoms with E-state index in [4.69, 9.17) is 21.4 Å². The SMILES string of the molecule is Cc1cn(-c2ccccc2Cl)nc1NS(=O)(=O)c1ccc(OCC(=O)O)c(F)c1. The van der Waals surface area contributed by atoms with Crippen molar-refractivity contribution in [3.8, 4) is 11.4 Å². The Kier molecular flexibility index (Phi) is 5.76. The van der Waals surface area contributed by atoms with E-state index >= 15 is 0 Å². The molecule has 152 valence electrons. The van der Waals surface area contributed by atoms with E-state index in [0.717, 1.165) is 18.2 Å². The molecule has 11 heteroatoms. The Bertz CT molecular complexity index is 1180. The molecule has 0 spiro atoms. The molecule has 3 rings (SSSR count). The number of benzene rings is 2. The van der Waals surface area contributed by atoms with Gasteiger partial charge >= 0.3 is 5.97 Å². The second-order valence-corrected chi connectivity index (χ2v) is 8.03. The zero-order valence-electron chi connectivity index (χ0n) is 15.0. The summed E-state index contributed by atoms with van der Waals surface area (Å²) >= 11 is 6.14. The molecule has 3 aromatic rings. The average Bonchev–Trinajstić information content (AvgIpc) is 3.00. The molecule has 0 radical (unpaired) electrons. The fourth-order valence-electron chi connectivity index (χ4n) is 2.41. The summed E-state index contributed by atoms with van der Waals surface area (Å²) in [6.45, 7) is 0.904. The number of aliphatic carboxylic acids is 1. The molecule has 0 fully saturated rings. The molecular formula is C18H15ClFN3O5S. The molecular weight excluding hydrogens is 425 g/mol. The Morgan fingerprint density at radius 3 is 2.69 bits per heavy atom. The highest BCUT2D eigenvalue weighted by Gasteiger charge is 2.20. The zero-order valence-corrected chi connectivity index (χ0v) is 16.5.